The zero-order chi connectivity index (χ0) is 17.8. The number of aromatic nitrogens is 1. The van der Waals surface area contributed by atoms with Gasteiger partial charge in [0.2, 0.25) is 0 Å². The lowest BCUT2D eigenvalue weighted by Crippen LogP contribution is -2.36. The zero-order valence-electron chi connectivity index (χ0n) is 14.5. The van der Waals surface area contributed by atoms with Gasteiger partial charge in [0.1, 0.15) is 0 Å². The molecule has 2 heterocycles. The van der Waals surface area contributed by atoms with E-state index in [1.54, 1.807) is 5.51 Å². The number of rotatable bonds is 7. The Hall–Kier alpha value is -1.54. The molecule has 3 rings (SSSR count). The van der Waals surface area contributed by atoms with E-state index in [1.807, 2.05) is 23.1 Å². The van der Waals surface area contributed by atoms with Crippen LogP contribution in [0.25, 0.3) is 10.2 Å². The van der Waals surface area contributed by atoms with Crippen LogP contribution in [0.5, 0.6) is 0 Å². The van der Waals surface area contributed by atoms with Crippen molar-refractivity contribution in [2.75, 3.05) is 45.9 Å². The minimum atomic E-state index is 0.0152. The molecule has 0 aliphatic carbocycles. The summed E-state index contributed by atoms with van der Waals surface area (Å²) >= 11 is 1.53. The Morgan fingerprint density at radius 3 is 2.88 bits per heavy atom. The van der Waals surface area contributed by atoms with Crippen molar-refractivity contribution in [1.29, 1.82) is 0 Å². The highest BCUT2D eigenvalue weighted by Crippen LogP contribution is 2.27. The van der Waals surface area contributed by atoms with E-state index >= 15 is 0 Å². The number of carbonyl (C=O) groups excluding carboxylic acids is 1. The molecule has 0 unspecified atom stereocenters. The highest BCUT2D eigenvalue weighted by molar-refractivity contribution is 7.16. The molecule has 1 aromatic carbocycles. The van der Waals surface area contributed by atoms with Crippen LogP contribution in [-0.2, 0) is 0 Å². The maximum atomic E-state index is 12.9. The lowest BCUT2D eigenvalue weighted by molar-refractivity contribution is 0.0778. The highest BCUT2D eigenvalue weighted by Gasteiger charge is 2.35. The molecule has 1 saturated heterocycles. The second kappa shape index (κ2) is 8.23. The topological polar surface area (TPSA) is 76.9 Å². The summed E-state index contributed by atoms with van der Waals surface area (Å²) in [6, 6.07) is 5.62. The third-order valence-electron chi connectivity index (χ3n) is 5.03. The molecule has 1 amide bonds. The predicted octanol–water partition coefficient (Wildman–Crippen LogP) is 1.29. The Morgan fingerprint density at radius 2 is 2.16 bits per heavy atom. The van der Waals surface area contributed by atoms with Gasteiger partial charge >= 0.3 is 0 Å². The molecular formula is C18H25N3O3S. The molecule has 2 atom stereocenters. The monoisotopic (exact) mass is 363 g/mol. The number of aliphatic hydroxyl groups is 2. The number of fused-ring (bicyclic) bond motifs is 1. The fourth-order valence-corrected chi connectivity index (χ4v) is 4.26. The van der Waals surface area contributed by atoms with Crippen LogP contribution in [0.1, 0.15) is 17.3 Å². The maximum absolute atomic E-state index is 12.9. The van der Waals surface area contributed by atoms with Crippen molar-refractivity contribution in [3.8, 4) is 0 Å². The number of benzene rings is 1. The molecule has 0 bridgehead atoms. The van der Waals surface area contributed by atoms with Crippen LogP contribution < -0.4 is 0 Å². The van der Waals surface area contributed by atoms with E-state index < -0.39 is 0 Å². The van der Waals surface area contributed by atoms with E-state index in [4.69, 9.17) is 5.11 Å². The Bertz CT molecular complexity index is 720. The molecule has 0 radical (unpaired) electrons. The number of likely N-dealkylation sites (tertiary alicyclic amines) is 1. The molecule has 25 heavy (non-hydrogen) atoms. The summed E-state index contributed by atoms with van der Waals surface area (Å²) in [6.07, 6.45) is 0. The van der Waals surface area contributed by atoms with E-state index in [1.165, 1.54) is 11.3 Å². The predicted molar refractivity (Wildman–Crippen MR) is 98.8 cm³/mol. The van der Waals surface area contributed by atoms with E-state index in [0.29, 0.717) is 25.2 Å². The van der Waals surface area contributed by atoms with Crippen molar-refractivity contribution in [1.82, 2.24) is 14.8 Å². The van der Waals surface area contributed by atoms with Gasteiger partial charge in [0.15, 0.2) is 0 Å². The van der Waals surface area contributed by atoms with Crippen molar-refractivity contribution in [2.45, 2.75) is 6.92 Å². The molecule has 1 aromatic heterocycles. The fourth-order valence-electron chi connectivity index (χ4n) is 3.54. The first-order valence-corrected chi connectivity index (χ1v) is 9.60. The number of amides is 1. The van der Waals surface area contributed by atoms with Crippen LogP contribution >= 0.6 is 11.3 Å². The lowest BCUT2D eigenvalue weighted by Gasteiger charge is -2.25. The van der Waals surface area contributed by atoms with E-state index in [-0.39, 0.29) is 31.0 Å². The average Bonchev–Trinajstić information content (AvgIpc) is 3.26. The molecule has 0 spiro atoms. The molecule has 6 nitrogen and oxygen atoms in total. The van der Waals surface area contributed by atoms with Crippen molar-refractivity contribution in [3.63, 3.8) is 0 Å². The number of thiazole rings is 1. The minimum Gasteiger partial charge on any atom is -0.396 e. The van der Waals surface area contributed by atoms with E-state index in [9.17, 15) is 9.90 Å². The van der Waals surface area contributed by atoms with Crippen LogP contribution in [0.3, 0.4) is 0 Å². The van der Waals surface area contributed by atoms with E-state index in [0.717, 1.165) is 23.3 Å². The summed E-state index contributed by atoms with van der Waals surface area (Å²) in [5.74, 6) is 0.331. The van der Waals surface area contributed by atoms with Crippen molar-refractivity contribution in [3.05, 3.63) is 29.3 Å². The van der Waals surface area contributed by atoms with Crippen molar-refractivity contribution >= 4 is 27.5 Å². The molecule has 2 N–H and O–H groups in total. The number of carbonyl (C=O) groups is 1. The highest BCUT2D eigenvalue weighted by atomic mass is 32.1. The Balaban J connectivity index is 1.70. The molecule has 1 aliphatic rings. The van der Waals surface area contributed by atoms with Gasteiger partial charge in [0.25, 0.3) is 5.91 Å². The van der Waals surface area contributed by atoms with Gasteiger partial charge in [-0.3, -0.25) is 4.79 Å². The number of hydrogen-bond donors (Lipinski definition) is 2. The Kier molecular flexibility index (Phi) is 6.01. The molecule has 1 fully saturated rings. The molecular weight excluding hydrogens is 338 g/mol. The number of nitrogens with zero attached hydrogens (tertiary/aromatic N) is 3. The second-order valence-electron chi connectivity index (χ2n) is 6.56. The van der Waals surface area contributed by atoms with Gasteiger partial charge in [-0.1, -0.05) is 6.92 Å². The first-order chi connectivity index (χ1) is 12.2. The minimum absolute atomic E-state index is 0.0152. The van der Waals surface area contributed by atoms with Crippen molar-refractivity contribution < 1.29 is 15.0 Å². The first kappa shape index (κ1) is 18.3. The molecule has 1 aliphatic heterocycles. The standard InChI is InChI=1S/C18H25N3O3S/c1-2-20(5-6-22)8-14-9-21(10-15(14)11-23)18(24)13-3-4-16-17(7-13)25-12-19-16/h3-4,7,12,14-15,22-23H,2,5-6,8-11H2,1H3/t14-,15-/m1/s1. The lowest BCUT2D eigenvalue weighted by atomic mass is 9.96. The zero-order valence-corrected chi connectivity index (χ0v) is 15.3. The van der Waals surface area contributed by atoms with Gasteiger partial charge in [-0.05, 0) is 30.7 Å². The summed E-state index contributed by atoms with van der Waals surface area (Å²) in [5, 5.41) is 18.9. The second-order valence-corrected chi connectivity index (χ2v) is 7.45. The molecule has 2 aromatic rings. The molecule has 0 saturated carbocycles. The van der Waals surface area contributed by atoms with Crippen LogP contribution in [0.4, 0.5) is 0 Å². The largest absolute Gasteiger partial charge is 0.396 e. The van der Waals surface area contributed by atoms with Gasteiger partial charge in [0, 0.05) is 44.3 Å². The van der Waals surface area contributed by atoms with Crippen LogP contribution in [0.15, 0.2) is 23.7 Å². The van der Waals surface area contributed by atoms with Crippen LogP contribution in [0, 0.1) is 11.8 Å². The van der Waals surface area contributed by atoms with Gasteiger partial charge < -0.3 is 20.0 Å². The van der Waals surface area contributed by atoms with Gasteiger partial charge in [-0.2, -0.15) is 0 Å². The third kappa shape index (κ3) is 4.00. The average molecular weight is 363 g/mol. The number of hydrogen-bond acceptors (Lipinski definition) is 6. The van der Waals surface area contributed by atoms with Crippen LogP contribution in [-0.4, -0.2) is 76.8 Å². The van der Waals surface area contributed by atoms with E-state index in [2.05, 4.69) is 16.8 Å². The third-order valence-corrected chi connectivity index (χ3v) is 5.82. The first-order valence-electron chi connectivity index (χ1n) is 8.72. The summed E-state index contributed by atoms with van der Waals surface area (Å²) in [6.45, 7) is 5.77. The quantitative estimate of drug-likeness (QED) is 0.775. The summed E-state index contributed by atoms with van der Waals surface area (Å²) in [7, 11) is 0. The Morgan fingerprint density at radius 1 is 1.36 bits per heavy atom. The van der Waals surface area contributed by atoms with Gasteiger partial charge in [-0.25, -0.2) is 4.98 Å². The normalized spacial score (nSPS) is 20.7. The van der Waals surface area contributed by atoms with Crippen molar-refractivity contribution in [2.24, 2.45) is 11.8 Å². The van der Waals surface area contributed by atoms with Gasteiger partial charge in [-0.15, -0.1) is 11.3 Å². The maximum Gasteiger partial charge on any atom is 0.253 e. The number of likely N-dealkylation sites (N-methyl/N-ethyl adjacent to an activating group) is 1. The summed E-state index contributed by atoms with van der Waals surface area (Å²) < 4.78 is 1.01. The molecule has 7 heteroatoms. The Labute approximate surface area is 151 Å². The number of aliphatic hydroxyl groups excluding tert-OH is 2. The van der Waals surface area contributed by atoms with Gasteiger partial charge in [0.05, 0.1) is 22.3 Å². The summed E-state index contributed by atoms with van der Waals surface area (Å²) in [5.41, 5.74) is 3.38. The fraction of sp³-hybridized carbons (Fsp3) is 0.556. The molecule has 136 valence electrons. The van der Waals surface area contributed by atoms with Crippen LogP contribution in [0.2, 0.25) is 0 Å². The summed E-state index contributed by atoms with van der Waals surface area (Å²) in [4.78, 5) is 21.1. The smallest absolute Gasteiger partial charge is 0.253 e. The SMILES string of the molecule is CCN(CCO)C[C@@H]1CN(C(=O)c2ccc3ncsc3c2)C[C@@H]1CO.